The minimum Gasteiger partial charge on any atom is -0.380 e. The van der Waals surface area contributed by atoms with Gasteiger partial charge in [-0.3, -0.25) is 14.3 Å². The van der Waals surface area contributed by atoms with Crippen LogP contribution in [0.4, 0.5) is 11.5 Å². The Morgan fingerprint density at radius 2 is 2.28 bits per heavy atom. The molecule has 2 atom stereocenters. The van der Waals surface area contributed by atoms with Crippen LogP contribution < -0.4 is 10.9 Å². The minimum absolute atomic E-state index is 0.0134. The van der Waals surface area contributed by atoms with E-state index in [-0.39, 0.29) is 24.0 Å². The molecule has 1 aromatic carbocycles. The SMILES string of the molecule is COC1CCN(C(=O)c2ccc(Nc3nn(C4(CC#N)CCCOC4)c4cc[nH]c(=O)c34)cc2C)C1. The van der Waals surface area contributed by atoms with E-state index in [4.69, 9.17) is 14.6 Å². The van der Waals surface area contributed by atoms with Crippen molar-refractivity contribution in [3.63, 3.8) is 0 Å². The van der Waals surface area contributed by atoms with Crippen molar-refractivity contribution in [2.75, 3.05) is 38.7 Å². The number of nitrogens with zero attached hydrogens (tertiary/aromatic N) is 4. The first-order chi connectivity index (χ1) is 17.5. The molecule has 3 aromatic rings. The summed E-state index contributed by atoms with van der Waals surface area (Å²) in [6.07, 6.45) is 4.28. The maximum atomic E-state index is 13.0. The third-order valence-electron chi connectivity index (χ3n) is 7.25. The van der Waals surface area contributed by atoms with Crippen LogP contribution in [0.2, 0.25) is 0 Å². The van der Waals surface area contributed by atoms with Crippen molar-refractivity contribution < 1.29 is 14.3 Å². The Morgan fingerprint density at radius 1 is 1.42 bits per heavy atom. The van der Waals surface area contributed by atoms with Gasteiger partial charge >= 0.3 is 0 Å². The number of methoxy groups -OCH3 is 1. The van der Waals surface area contributed by atoms with Gasteiger partial charge in [0, 0.05) is 44.3 Å². The molecule has 188 valence electrons. The van der Waals surface area contributed by atoms with Gasteiger partial charge in [0.05, 0.1) is 36.3 Å². The number of hydrogen-bond acceptors (Lipinski definition) is 7. The molecule has 36 heavy (non-hydrogen) atoms. The molecule has 2 aliphatic rings. The fraction of sp³-hybridized carbons (Fsp3) is 0.462. The van der Waals surface area contributed by atoms with Crippen LogP contribution in [0, 0.1) is 18.3 Å². The molecular weight excluding hydrogens is 460 g/mol. The molecule has 2 unspecified atom stereocenters. The number of nitrogens with one attached hydrogen (secondary N) is 2. The Hall–Kier alpha value is -3.68. The van der Waals surface area contributed by atoms with E-state index in [0.29, 0.717) is 54.3 Å². The van der Waals surface area contributed by atoms with Crippen molar-refractivity contribution in [1.29, 1.82) is 5.26 Å². The highest BCUT2D eigenvalue weighted by Crippen LogP contribution is 2.35. The topological polar surface area (TPSA) is 125 Å². The average molecular weight is 491 g/mol. The van der Waals surface area contributed by atoms with Crippen LogP contribution in [0.3, 0.4) is 0 Å². The normalized spacial score (nSPS) is 22.0. The first-order valence-corrected chi connectivity index (χ1v) is 12.2. The zero-order chi connectivity index (χ0) is 25.3. The third kappa shape index (κ3) is 4.25. The van der Waals surface area contributed by atoms with Crippen LogP contribution in [0.1, 0.15) is 41.6 Å². The highest BCUT2D eigenvalue weighted by atomic mass is 16.5. The lowest BCUT2D eigenvalue weighted by molar-refractivity contribution is -0.00174. The van der Waals surface area contributed by atoms with Gasteiger partial charge in [-0.15, -0.1) is 0 Å². The molecule has 2 aliphatic heterocycles. The zero-order valence-electron chi connectivity index (χ0n) is 20.5. The molecule has 0 saturated carbocycles. The summed E-state index contributed by atoms with van der Waals surface area (Å²) in [4.78, 5) is 30.4. The Bertz CT molecular complexity index is 1380. The number of pyridine rings is 1. The summed E-state index contributed by atoms with van der Waals surface area (Å²) in [6, 6.07) is 9.59. The fourth-order valence-corrected chi connectivity index (χ4v) is 5.29. The van der Waals surface area contributed by atoms with Crippen molar-refractivity contribution in [2.45, 2.75) is 44.2 Å². The third-order valence-corrected chi connectivity index (χ3v) is 7.25. The Balaban J connectivity index is 1.48. The molecule has 0 bridgehead atoms. The van der Waals surface area contributed by atoms with Gasteiger partial charge in [0.2, 0.25) is 0 Å². The van der Waals surface area contributed by atoms with Crippen molar-refractivity contribution in [2.24, 2.45) is 0 Å². The molecule has 0 spiro atoms. The van der Waals surface area contributed by atoms with E-state index >= 15 is 0 Å². The first kappa shape index (κ1) is 24.0. The number of nitriles is 1. The second-order valence-electron chi connectivity index (χ2n) is 9.60. The molecule has 2 saturated heterocycles. The number of rotatable bonds is 6. The van der Waals surface area contributed by atoms with E-state index in [1.165, 1.54) is 0 Å². The summed E-state index contributed by atoms with van der Waals surface area (Å²) in [7, 11) is 1.67. The lowest BCUT2D eigenvalue weighted by Gasteiger charge is -2.35. The number of fused-ring (bicyclic) bond motifs is 1. The molecular formula is C26H30N6O4. The second kappa shape index (κ2) is 9.76. The van der Waals surface area contributed by atoms with Gasteiger partial charge in [-0.1, -0.05) is 0 Å². The Kier molecular flexibility index (Phi) is 6.51. The number of amides is 1. The van der Waals surface area contributed by atoms with Crippen LogP contribution in [0.25, 0.3) is 10.9 Å². The standard InChI is InChI=1S/C26H30N6O4/c1-17-14-18(4-5-20(17)25(34)31-12-7-19(15-31)35-2)29-23-22-21(6-11-28-24(22)33)32(30-23)26(9-10-27)8-3-13-36-16-26/h4-6,11,14,19H,3,7-9,12-13,15-16H2,1-2H3,(H,28,33)(H,29,30). The molecule has 0 radical (unpaired) electrons. The van der Waals surface area contributed by atoms with Crippen LogP contribution in [-0.4, -0.2) is 65.1 Å². The van der Waals surface area contributed by atoms with Crippen LogP contribution in [0.5, 0.6) is 0 Å². The largest absolute Gasteiger partial charge is 0.380 e. The fourth-order valence-electron chi connectivity index (χ4n) is 5.29. The monoisotopic (exact) mass is 490 g/mol. The molecule has 2 N–H and O–H groups in total. The van der Waals surface area contributed by atoms with E-state index in [1.54, 1.807) is 30.1 Å². The van der Waals surface area contributed by atoms with Gasteiger partial charge in [-0.2, -0.15) is 10.4 Å². The van der Waals surface area contributed by atoms with E-state index in [9.17, 15) is 14.9 Å². The number of benzene rings is 1. The predicted octanol–water partition coefficient (Wildman–Crippen LogP) is 3.06. The predicted molar refractivity (Wildman–Crippen MR) is 134 cm³/mol. The van der Waals surface area contributed by atoms with Gasteiger partial charge in [0.15, 0.2) is 5.82 Å². The second-order valence-corrected chi connectivity index (χ2v) is 9.60. The first-order valence-electron chi connectivity index (χ1n) is 12.2. The highest BCUT2D eigenvalue weighted by Gasteiger charge is 2.38. The van der Waals surface area contributed by atoms with Gasteiger partial charge in [0.1, 0.15) is 5.39 Å². The molecule has 5 rings (SSSR count). The van der Waals surface area contributed by atoms with E-state index in [1.807, 2.05) is 24.0 Å². The maximum absolute atomic E-state index is 13.0. The van der Waals surface area contributed by atoms with E-state index in [0.717, 1.165) is 24.8 Å². The summed E-state index contributed by atoms with van der Waals surface area (Å²) in [5, 5.41) is 18.0. The summed E-state index contributed by atoms with van der Waals surface area (Å²) in [5.74, 6) is 0.385. The molecule has 10 heteroatoms. The number of ether oxygens (including phenoxy) is 2. The lowest BCUT2D eigenvalue weighted by atomic mass is 9.89. The van der Waals surface area contributed by atoms with Crippen LogP contribution in [0.15, 0.2) is 35.3 Å². The van der Waals surface area contributed by atoms with Crippen LogP contribution >= 0.6 is 0 Å². The minimum atomic E-state index is -0.638. The maximum Gasteiger partial charge on any atom is 0.261 e. The van der Waals surface area contributed by atoms with Gasteiger partial charge in [-0.25, -0.2) is 0 Å². The van der Waals surface area contributed by atoms with E-state index in [2.05, 4.69) is 16.4 Å². The summed E-state index contributed by atoms with van der Waals surface area (Å²) in [6.45, 7) is 4.17. The molecule has 2 aromatic heterocycles. The summed E-state index contributed by atoms with van der Waals surface area (Å²) < 4.78 is 12.9. The molecule has 4 heterocycles. The van der Waals surface area contributed by atoms with Crippen molar-refractivity contribution in [3.8, 4) is 6.07 Å². The summed E-state index contributed by atoms with van der Waals surface area (Å²) in [5.41, 5.74) is 1.91. The number of anilines is 2. The van der Waals surface area contributed by atoms with Crippen LogP contribution in [-0.2, 0) is 15.0 Å². The molecule has 10 nitrogen and oxygen atoms in total. The lowest BCUT2D eigenvalue weighted by Crippen LogP contribution is -2.42. The molecule has 1 amide bonds. The average Bonchev–Trinajstić information content (AvgIpc) is 3.51. The molecule has 2 fully saturated rings. The number of aromatic nitrogens is 3. The Labute approximate surface area is 208 Å². The number of likely N-dealkylation sites (tertiary alicyclic amines) is 1. The van der Waals surface area contributed by atoms with Crippen molar-refractivity contribution >= 4 is 28.3 Å². The van der Waals surface area contributed by atoms with Crippen molar-refractivity contribution in [3.05, 3.63) is 51.9 Å². The number of hydrogen-bond donors (Lipinski definition) is 2. The van der Waals surface area contributed by atoms with Crippen molar-refractivity contribution in [1.82, 2.24) is 19.7 Å². The van der Waals surface area contributed by atoms with Gasteiger partial charge in [-0.05, 0) is 56.0 Å². The van der Waals surface area contributed by atoms with E-state index < -0.39 is 5.54 Å². The summed E-state index contributed by atoms with van der Waals surface area (Å²) >= 11 is 0. The zero-order valence-corrected chi connectivity index (χ0v) is 20.5. The van der Waals surface area contributed by atoms with Gasteiger partial charge < -0.3 is 24.7 Å². The van der Waals surface area contributed by atoms with Gasteiger partial charge in [0.25, 0.3) is 11.5 Å². The number of carbonyl (C=O) groups excluding carboxylic acids is 1. The number of carbonyl (C=O) groups is 1. The Morgan fingerprint density at radius 3 is 2.97 bits per heavy atom. The highest BCUT2D eigenvalue weighted by molar-refractivity contribution is 5.97. The number of H-pyrrole nitrogens is 1. The smallest absolute Gasteiger partial charge is 0.261 e. The quantitative estimate of drug-likeness (QED) is 0.544. The number of aryl methyl sites for hydroxylation is 1. The number of aromatic amines is 1. The molecule has 0 aliphatic carbocycles.